The number of hydrogen-bond acceptors (Lipinski definition) is 8. The number of carbonyl (C=O) groups is 2. The van der Waals surface area contributed by atoms with Gasteiger partial charge in [-0.25, -0.2) is 4.79 Å². The molecule has 0 saturated heterocycles. The van der Waals surface area contributed by atoms with E-state index in [4.69, 9.17) is 18.9 Å². The average molecular weight is 581 g/mol. The third-order valence-corrected chi connectivity index (χ3v) is 7.61. The van der Waals surface area contributed by atoms with E-state index < -0.39 is 12.1 Å². The fourth-order valence-corrected chi connectivity index (χ4v) is 5.05. The van der Waals surface area contributed by atoms with Gasteiger partial charge in [-0.15, -0.1) is 0 Å². The number of thioether (sulfide) groups is 1. The van der Waals surface area contributed by atoms with Crippen LogP contribution in [0.2, 0.25) is 0 Å². The molecule has 0 aliphatic rings. The molecule has 0 unspecified atom stereocenters. The topological polar surface area (TPSA) is 96.0 Å². The second-order valence-corrected chi connectivity index (χ2v) is 11.1. The van der Waals surface area contributed by atoms with Crippen molar-refractivity contribution in [2.24, 2.45) is 11.8 Å². The summed E-state index contributed by atoms with van der Waals surface area (Å²) >= 11 is 1.09. The van der Waals surface area contributed by atoms with Gasteiger partial charge in [0.15, 0.2) is 11.5 Å². The Morgan fingerprint density at radius 3 is 2.37 bits per heavy atom. The maximum Gasteiger partial charge on any atom is 0.408 e. The maximum absolute atomic E-state index is 13.5. The fourth-order valence-electron chi connectivity index (χ4n) is 4.26. The van der Waals surface area contributed by atoms with Crippen molar-refractivity contribution in [3.8, 4) is 11.5 Å². The highest BCUT2D eigenvalue weighted by atomic mass is 32.2. The highest BCUT2D eigenvalue weighted by Gasteiger charge is 2.28. The maximum atomic E-state index is 13.5. The molecule has 0 saturated carbocycles. The van der Waals surface area contributed by atoms with Crippen molar-refractivity contribution in [2.75, 3.05) is 27.4 Å². The molecule has 1 amide bonds. The minimum absolute atomic E-state index is 0.0890. The summed E-state index contributed by atoms with van der Waals surface area (Å²) in [7, 11) is 3.28. The van der Waals surface area contributed by atoms with Crippen molar-refractivity contribution in [3.05, 3.63) is 84.2 Å². The molecule has 1 N–H and O–H groups in total. The number of methoxy groups -OCH3 is 2. The lowest BCUT2D eigenvalue weighted by Crippen LogP contribution is -2.42. The van der Waals surface area contributed by atoms with Gasteiger partial charge in [-0.2, -0.15) is 0 Å². The van der Waals surface area contributed by atoms with Gasteiger partial charge in [0.05, 0.1) is 13.7 Å². The minimum Gasteiger partial charge on any atom is -0.493 e. The third-order valence-electron chi connectivity index (χ3n) is 6.62. The first-order chi connectivity index (χ1) is 19.9. The predicted octanol–water partition coefficient (Wildman–Crippen LogP) is 6.32. The first-order valence-corrected chi connectivity index (χ1v) is 14.6. The normalized spacial score (nSPS) is 12.4. The SMILES string of the molecule is COCCCOc1cc(C[C@@H](C[C@H](NC(=O)OCc2ccccc2)C(=O)Sc2ccncc2)C(C)C)ccc1OC. The number of alkyl carbamates (subject to hydrolysis) is 1. The molecule has 1 aromatic heterocycles. The number of pyridine rings is 1. The molecular weight excluding hydrogens is 540 g/mol. The Kier molecular flexibility index (Phi) is 13.5. The summed E-state index contributed by atoms with van der Waals surface area (Å²) in [6.45, 7) is 5.51. The van der Waals surface area contributed by atoms with Crippen LogP contribution >= 0.6 is 11.8 Å². The molecule has 1 heterocycles. The summed E-state index contributed by atoms with van der Waals surface area (Å²) in [5.74, 6) is 1.67. The van der Waals surface area contributed by atoms with Crippen molar-refractivity contribution in [3.63, 3.8) is 0 Å². The Bertz CT molecular complexity index is 1210. The van der Waals surface area contributed by atoms with Gasteiger partial charge in [0.1, 0.15) is 12.6 Å². The highest BCUT2D eigenvalue weighted by molar-refractivity contribution is 8.13. The molecule has 0 aliphatic heterocycles. The third kappa shape index (κ3) is 11.1. The summed E-state index contributed by atoms with van der Waals surface area (Å²) in [6.07, 6.45) is 4.57. The minimum atomic E-state index is -0.744. The van der Waals surface area contributed by atoms with Crippen LogP contribution in [0, 0.1) is 11.8 Å². The van der Waals surface area contributed by atoms with E-state index >= 15 is 0 Å². The standard InChI is InChI=1S/C32H40N2O6S/c1-23(2)26(19-25-11-12-29(38-4)30(20-25)39-18-8-17-37-3)21-28(31(35)41-27-13-15-33-16-14-27)34-32(36)40-22-24-9-6-5-7-10-24/h5-7,9-16,20,23,26,28H,8,17-19,21-22H2,1-4H3,(H,34,36)/t26-,28-/m0/s1. The number of nitrogens with one attached hydrogen (secondary N) is 1. The van der Waals surface area contributed by atoms with Crippen LogP contribution in [0.15, 0.2) is 78.0 Å². The van der Waals surface area contributed by atoms with Crippen LogP contribution in [0.5, 0.6) is 11.5 Å². The number of aromatic nitrogens is 1. The van der Waals surface area contributed by atoms with E-state index in [1.807, 2.05) is 48.5 Å². The van der Waals surface area contributed by atoms with Crippen LogP contribution in [0.3, 0.4) is 0 Å². The number of hydrogen-bond donors (Lipinski definition) is 1. The zero-order valence-electron chi connectivity index (χ0n) is 24.2. The molecule has 9 heteroatoms. The van der Waals surface area contributed by atoms with Gasteiger partial charge in [-0.05, 0) is 71.8 Å². The second kappa shape index (κ2) is 17.3. The van der Waals surface area contributed by atoms with Gasteiger partial charge in [-0.3, -0.25) is 9.78 Å². The molecule has 2 atom stereocenters. The number of nitrogens with zero attached hydrogens (tertiary/aromatic N) is 1. The zero-order chi connectivity index (χ0) is 29.5. The van der Waals surface area contributed by atoms with Crippen molar-refractivity contribution in [1.82, 2.24) is 10.3 Å². The van der Waals surface area contributed by atoms with Crippen LogP contribution in [0.25, 0.3) is 0 Å². The summed E-state index contributed by atoms with van der Waals surface area (Å²) in [5.41, 5.74) is 1.93. The van der Waals surface area contributed by atoms with E-state index in [-0.39, 0.29) is 23.6 Å². The zero-order valence-corrected chi connectivity index (χ0v) is 25.0. The summed E-state index contributed by atoms with van der Waals surface area (Å²) in [5, 5.41) is 2.69. The molecule has 0 spiro atoms. The first kappa shape index (κ1) is 32.0. The van der Waals surface area contributed by atoms with Gasteiger partial charge in [0, 0.05) is 37.4 Å². The van der Waals surface area contributed by atoms with Gasteiger partial charge >= 0.3 is 6.09 Å². The molecule has 0 radical (unpaired) electrons. The van der Waals surface area contributed by atoms with Crippen molar-refractivity contribution >= 4 is 23.0 Å². The quantitative estimate of drug-likeness (QED) is 0.155. The number of benzene rings is 2. The van der Waals surface area contributed by atoms with Crippen LogP contribution in [-0.2, 0) is 27.3 Å². The van der Waals surface area contributed by atoms with Gasteiger partial charge in [-0.1, -0.05) is 50.2 Å². The Morgan fingerprint density at radius 2 is 1.68 bits per heavy atom. The lowest BCUT2D eigenvalue weighted by atomic mass is 9.84. The predicted molar refractivity (Wildman–Crippen MR) is 160 cm³/mol. The molecule has 3 aromatic rings. The molecular formula is C32H40N2O6S. The summed E-state index contributed by atoms with van der Waals surface area (Å²) in [6, 6.07) is 18.2. The van der Waals surface area contributed by atoms with E-state index in [2.05, 4.69) is 24.1 Å². The molecule has 41 heavy (non-hydrogen) atoms. The van der Waals surface area contributed by atoms with Gasteiger partial charge in [0.25, 0.3) is 0 Å². The van der Waals surface area contributed by atoms with Crippen molar-refractivity contribution < 1.29 is 28.5 Å². The second-order valence-electron chi connectivity index (χ2n) is 9.99. The Hall–Kier alpha value is -3.56. The van der Waals surface area contributed by atoms with Crippen molar-refractivity contribution in [2.45, 2.75) is 50.7 Å². The van der Waals surface area contributed by atoms with E-state index in [0.717, 1.165) is 34.2 Å². The smallest absolute Gasteiger partial charge is 0.408 e. The molecule has 0 fully saturated rings. The fraction of sp³-hybridized carbons (Fsp3) is 0.406. The average Bonchev–Trinajstić information content (AvgIpc) is 2.98. The van der Waals surface area contributed by atoms with E-state index in [0.29, 0.717) is 37.6 Å². The monoisotopic (exact) mass is 580 g/mol. The Labute approximate surface area is 247 Å². The number of ether oxygens (including phenoxy) is 4. The summed E-state index contributed by atoms with van der Waals surface area (Å²) in [4.78, 5) is 31.1. The van der Waals surface area contributed by atoms with E-state index in [9.17, 15) is 9.59 Å². The lowest BCUT2D eigenvalue weighted by molar-refractivity contribution is -0.113. The van der Waals surface area contributed by atoms with Gasteiger partial charge in [0.2, 0.25) is 5.12 Å². The van der Waals surface area contributed by atoms with E-state index in [1.54, 1.807) is 38.7 Å². The summed E-state index contributed by atoms with van der Waals surface area (Å²) < 4.78 is 22.0. The van der Waals surface area contributed by atoms with Crippen LogP contribution < -0.4 is 14.8 Å². The largest absolute Gasteiger partial charge is 0.493 e. The molecule has 0 bridgehead atoms. The number of rotatable bonds is 16. The van der Waals surface area contributed by atoms with Crippen LogP contribution in [0.4, 0.5) is 4.79 Å². The highest BCUT2D eigenvalue weighted by Crippen LogP contribution is 2.32. The van der Waals surface area contributed by atoms with E-state index in [1.165, 1.54) is 0 Å². The number of carbonyl (C=O) groups excluding carboxylic acids is 2. The molecule has 3 rings (SSSR count). The van der Waals surface area contributed by atoms with Crippen LogP contribution in [0.1, 0.15) is 37.8 Å². The van der Waals surface area contributed by atoms with Crippen molar-refractivity contribution in [1.29, 1.82) is 0 Å². The van der Waals surface area contributed by atoms with Gasteiger partial charge < -0.3 is 24.3 Å². The molecule has 8 nitrogen and oxygen atoms in total. The first-order valence-electron chi connectivity index (χ1n) is 13.8. The Morgan fingerprint density at radius 1 is 0.927 bits per heavy atom. The lowest BCUT2D eigenvalue weighted by Gasteiger charge is -2.26. The van der Waals surface area contributed by atoms with Crippen LogP contribution in [-0.4, -0.2) is 49.7 Å². The Balaban J connectivity index is 1.74. The molecule has 2 aromatic carbocycles. The molecule has 0 aliphatic carbocycles. The molecule has 220 valence electrons. The number of amides is 1.